The smallest absolute Gasteiger partial charge is 0.481 e. The Balaban J connectivity index is 2.42. The lowest BCUT2D eigenvalue weighted by Crippen LogP contribution is -2.17. The van der Waals surface area contributed by atoms with Gasteiger partial charge in [-0.2, -0.15) is 0 Å². The topological polar surface area (TPSA) is 26.5 Å². The number of ether oxygens (including phenoxy) is 1. The predicted molar refractivity (Wildman–Crippen MR) is 83.6 cm³/mol. The van der Waals surface area contributed by atoms with E-state index in [1.807, 2.05) is 0 Å². The van der Waals surface area contributed by atoms with Gasteiger partial charge in [-0.1, -0.05) is 0 Å². The lowest BCUT2D eigenvalue weighted by Gasteiger charge is -2.15. The maximum absolute atomic E-state index is 14.4. The van der Waals surface area contributed by atoms with Gasteiger partial charge in [-0.25, -0.2) is 26.9 Å². The van der Waals surface area contributed by atoms with Gasteiger partial charge in [-0.15, -0.1) is 0 Å². The van der Waals surface area contributed by atoms with Crippen LogP contribution in [0.25, 0.3) is 5.57 Å². The average molecular weight is 388 g/mol. The maximum atomic E-state index is 14.4. The van der Waals surface area contributed by atoms with E-state index in [0.29, 0.717) is 4.48 Å². The summed E-state index contributed by atoms with van der Waals surface area (Å²) in [6, 6.07) is 2.18. The van der Waals surface area contributed by atoms with Crippen molar-refractivity contribution in [3.05, 3.63) is 76.5 Å². The Kier molecular flexibility index (Phi) is 4.86. The van der Waals surface area contributed by atoms with Crippen molar-refractivity contribution in [1.82, 2.24) is 4.48 Å². The molecule has 0 unspecified atom stereocenters. The Labute approximate surface area is 148 Å². The highest BCUT2D eigenvalue weighted by Crippen LogP contribution is 2.36. The van der Waals surface area contributed by atoms with Crippen LogP contribution in [0.1, 0.15) is 11.3 Å². The largest absolute Gasteiger partial charge is 0.677 e. The number of rotatable bonds is 3. The highest BCUT2D eigenvalue weighted by Gasteiger charge is 2.32. The van der Waals surface area contributed by atoms with E-state index in [0.717, 1.165) is 24.4 Å². The van der Waals surface area contributed by atoms with Crippen LogP contribution >= 0.6 is 0 Å². The van der Waals surface area contributed by atoms with Gasteiger partial charge < -0.3 is 9.21 Å². The highest BCUT2D eigenvalue weighted by atomic mass is 19.2. The number of aromatic nitrogens is 1. The summed E-state index contributed by atoms with van der Waals surface area (Å²) < 4.78 is 101. The second-order valence-electron chi connectivity index (χ2n) is 5.27. The fourth-order valence-corrected chi connectivity index (χ4v) is 2.58. The SMILES string of the molecule is COC1=N/C(=C(\c2c(F)c(F)c(F)c(F)c2F)c2cccn2B(F)F)C=C1. The third-order valence-corrected chi connectivity index (χ3v) is 3.78. The maximum Gasteiger partial charge on any atom is 0.677 e. The first kappa shape index (κ1) is 18.8. The molecule has 1 aliphatic heterocycles. The summed E-state index contributed by atoms with van der Waals surface area (Å²) in [4.78, 5) is 3.84. The molecule has 0 aliphatic carbocycles. The Hall–Kier alpha value is -2.98. The van der Waals surface area contributed by atoms with Crippen LogP contribution in [0.2, 0.25) is 0 Å². The molecule has 1 aromatic carbocycles. The van der Waals surface area contributed by atoms with Crippen molar-refractivity contribution in [2.75, 3.05) is 7.11 Å². The van der Waals surface area contributed by atoms with Crippen molar-refractivity contribution in [2.45, 2.75) is 0 Å². The third-order valence-electron chi connectivity index (χ3n) is 3.78. The molecule has 3 nitrogen and oxygen atoms in total. The van der Waals surface area contributed by atoms with Crippen molar-refractivity contribution < 1.29 is 35.3 Å². The van der Waals surface area contributed by atoms with Crippen molar-refractivity contribution in [3.63, 3.8) is 0 Å². The fourth-order valence-electron chi connectivity index (χ4n) is 2.58. The van der Waals surface area contributed by atoms with Crippen molar-refractivity contribution in [3.8, 4) is 0 Å². The van der Waals surface area contributed by atoms with Crippen LogP contribution < -0.4 is 0 Å². The quantitative estimate of drug-likeness (QED) is 0.333. The fraction of sp³-hybridized carbons (Fsp3) is 0.0625. The number of nitrogens with zero attached hydrogens (tertiary/aromatic N) is 2. The van der Waals surface area contributed by atoms with Gasteiger partial charge in [0.25, 0.3) is 0 Å². The zero-order valence-corrected chi connectivity index (χ0v) is 13.4. The van der Waals surface area contributed by atoms with Gasteiger partial charge in [0, 0.05) is 17.3 Å². The number of hydrogen-bond acceptors (Lipinski definition) is 2. The van der Waals surface area contributed by atoms with Gasteiger partial charge in [0.15, 0.2) is 23.3 Å². The molecular weight excluding hydrogens is 380 g/mol. The molecule has 2 heterocycles. The summed E-state index contributed by atoms with van der Waals surface area (Å²) in [6.45, 7) is 0. The van der Waals surface area contributed by atoms with Crippen LogP contribution in [0.5, 0.6) is 0 Å². The number of allylic oxidation sites excluding steroid dienone is 1. The van der Waals surface area contributed by atoms with Gasteiger partial charge >= 0.3 is 7.40 Å². The standard InChI is InChI=1S/C16H8BF7N2O/c1-27-9-5-4-7(25-9)10(8-3-2-6-26(8)17(23)24)11-12(18)14(20)16(22)15(21)13(11)19/h2-6H,1H3/b10-7-. The Morgan fingerprint density at radius 2 is 1.56 bits per heavy atom. The van der Waals surface area contributed by atoms with Gasteiger partial charge in [0.1, 0.15) is 0 Å². The number of methoxy groups -OCH3 is 1. The Morgan fingerprint density at radius 3 is 2.07 bits per heavy atom. The molecule has 0 bridgehead atoms. The molecule has 1 aromatic heterocycles. The molecule has 140 valence electrons. The second kappa shape index (κ2) is 6.97. The Bertz CT molecular complexity index is 981. The molecule has 0 saturated heterocycles. The van der Waals surface area contributed by atoms with E-state index in [-0.39, 0.29) is 11.6 Å². The zero-order valence-electron chi connectivity index (χ0n) is 13.4. The van der Waals surface area contributed by atoms with E-state index < -0.39 is 53.3 Å². The van der Waals surface area contributed by atoms with Crippen molar-refractivity contribution in [2.24, 2.45) is 4.99 Å². The summed E-state index contributed by atoms with van der Waals surface area (Å²) in [7, 11) is -1.91. The monoisotopic (exact) mass is 388 g/mol. The van der Waals surface area contributed by atoms with E-state index in [4.69, 9.17) is 4.74 Å². The summed E-state index contributed by atoms with van der Waals surface area (Å²) in [6.07, 6.45) is 3.29. The van der Waals surface area contributed by atoms with E-state index in [1.165, 1.54) is 13.2 Å². The predicted octanol–water partition coefficient (Wildman–Crippen LogP) is 4.33. The van der Waals surface area contributed by atoms with E-state index in [9.17, 15) is 30.6 Å². The molecule has 0 atom stereocenters. The highest BCUT2D eigenvalue weighted by molar-refractivity contribution is 6.41. The van der Waals surface area contributed by atoms with E-state index in [2.05, 4.69) is 4.99 Å². The Morgan fingerprint density at radius 1 is 0.963 bits per heavy atom. The first-order valence-corrected chi connectivity index (χ1v) is 7.30. The molecular formula is C16H8BF7N2O. The molecule has 1 aliphatic rings. The van der Waals surface area contributed by atoms with Crippen LogP contribution in [0, 0.1) is 29.1 Å². The molecule has 0 fully saturated rings. The molecule has 3 rings (SSSR count). The normalized spacial score (nSPS) is 15.2. The minimum Gasteiger partial charge on any atom is -0.481 e. The van der Waals surface area contributed by atoms with Crippen LogP contribution in [-0.4, -0.2) is 24.9 Å². The minimum atomic E-state index is -3.14. The number of benzene rings is 1. The summed E-state index contributed by atoms with van der Waals surface area (Å²) in [5, 5.41) is 0. The second-order valence-corrected chi connectivity index (χ2v) is 5.27. The van der Waals surface area contributed by atoms with Gasteiger partial charge in [0.2, 0.25) is 11.7 Å². The van der Waals surface area contributed by atoms with Gasteiger partial charge in [-0.3, -0.25) is 8.63 Å². The average Bonchev–Trinajstić information content (AvgIpc) is 3.31. The number of halogens is 7. The van der Waals surface area contributed by atoms with Crippen LogP contribution in [-0.2, 0) is 4.74 Å². The molecule has 0 spiro atoms. The molecule has 27 heavy (non-hydrogen) atoms. The van der Waals surface area contributed by atoms with Gasteiger partial charge in [-0.05, 0) is 24.4 Å². The summed E-state index contributed by atoms with van der Waals surface area (Å²) >= 11 is 0. The zero-order chi connectivity index (χ0) is 19.9. The first-order chi connectivity index (χ1) is 12.8. The van der Waals surface area contributed by atoms with Crippen molar-refractivity contribution in [1.29, 1.82) is 0 Å². The van der Waals surface area contributed by atoms with Crippen LogP contribution in [0.15, 0.2) is 41.2 Å². The van der Waals surface area contributed by atoms with E-state index >= 15 is 0 Å². The lowest BCUT2D eigenvalue weighted by atomic mass is 9.97. The summed E-state index contributed by atoms with van der Waals surface area (Å²) in [5.74, 6) is -11.1. The molecule has 11 heteroatoms. The van der Waals surface area contributed by atoms with Crippen LogP contribution in [0.4, 0.5) is 30.6 Å². The van der Waals surface area contributed by atoms with Crippen LogP contribution in [0.3, 0.4) is 0 Å². The molecule has 0 saturated carbocycles. The number of hydrogen-bond donors (Lipinski definition) is 0. The first-order valence-electron chi connectivity index (χ1n) is 7.30. The van der Waals surface area contributed by atoms with E-state index in [1.54, 1.807) is 0 Å². The molecule has 0 amide bonds. The molecule has 0 radical (unpaired) electrons. The van der Waals surface area contributed by atoms with Gasteiger partial charge in [0.05, 0.1) is 18.4 Å². The summed E-state index contributed by atoms with van der Waals surface area (Å²) in [5.41, 5.74) is -2.87. The minimum absolute atomic E-state index is 0.0403. The van der Waals surface area contributed by atoms with Crippen molar-refractivity contribution >= 4 is 18.9 Å². The molecule has 0 N–H and O–H groups in total. The lowest BCUT2D eigenvalue weighted by molar-refractivity contribution is 0.376. The number of aliphatic imine (C=N–C) groups is 1. The molecule has 2 aromatic rings. The third kappa shape index (κ3) is 3.02.